The highest BCUT2D eigenvalue weighted by molar-refractivity contribution is 6.42. The number of hydrogen-bond donors (Lipinski definition) is 1. The Hall–Kier alpha value is -2.57. The Morgan fingerprint density at radius 1 is 0.909 bits per heavy atom. The van der Waals surface area contributed by atoms with Crippen LogP contribution in [0.4, 0.5) is 4.39 Å². The van der Waals surface area contributed by atoms with Gasteiger partial charge in [-0.1, -0.05) is 64.6 Å². The van der Waals surface area contributed by atoms with E-state index in [2.05, 4.69) is 10.4 Å². The molecule has 4 rings (SSSR count). The summed E-state index contributed by atoms with van der Waals surface area (Å²) in [6.45, 7) is 0.321. The molecule has 4 aromatic rings. The minimum Gasteiger partial charge on any atom is -0.350 e. The van der Waals surface area contributed by atoms with E-state index in [1.165, 1.54) is 16.8 Å². The third-order valence-electron chi connectivity index (χ3n) is 4.93. The summed E-state index contributed by atoms with van der Waals surface area (Å²) in [4.78, 5) is 13.1. The first-order valence-corrected chi connectivity index (χ1v) is 11.4. The van der Waals surface area contributed by atoms with Crippen LogP contribution in [0.5, 0.6) is 0 Å². The maximum absolute atomic E-state index is 14.4. The van der Waals surface area contributed by atoms with Gasteiger partial charge in [0.2, 0.25) is 0 Å². The molecule has 1 N–H and O–H groups in total. The van der Waals surface area contributed by atoms with E-state index in [1.807, 2.05) is 6.07 Å². The monoisotopic (exact) mass is 521 g/mol. The summed E-state index contributed by atoms with van der Waals surface area (Å²) < 4.78 is 15.8. The van der Waals surface area contributed by atoms with Crippen molar-refractivity contribution in [3.63, 3.8) is 0 Å². The van der Waals surface area contributed by atoms with Crippen LogP contribution in [0.2, 0.25) is 20.1 Å². The van der Waals surface area contributed by atoms with Gasteiger partial charge >= 0.3 is 0 Å². The highest BCUT2D eigenvalue weighted by atomic mass is 35.5. The molecule has 0 saturated heterocycles. The van der Waals surface area contributed by atoms with E-state index in [4.69, 9.17) is 46.4 Å². The Morgan fingerprint density at radius 2 is 1.70 bits per heavy atom. The number of carbonyl (C=O) groups excluding carboxylic acids is 1. The number of aromatic nitrogens is 2. The fourth-order valence-electron chi connectivity index (χ4n) is 3.28. The van der Waals surface area contributed by atoms with E-state index in [0.717, 1.165) is 5.56 Å². The van der Waals surface area contributed by atoms with Gasteiger partial charge < -0.3 is 5.32 Å². The van der Waals surface area contributed by atoms with Crippen LogP contribution < -0.4 is 5.32 Å². The fourth-order valence-corrected chi connectivity index (χ4v) is 4.08. The Balaban J connectivity index is 1.64. The highest BCUT2D eigenvalue weighted by Gasteiger charge is 2.19. The van der Waals surface area contributed by atoms with Crippen molar-refractivity contribution in [1.29, 1.82) is 0 Å². The molecule has 0 fully saturated rings. The van der Waals surface area contributed by atoms with E-state index in [1.54, 1.807) is 48.5 Å². The Kier molecular flexibility index (Phi) is 7.25. The second-order valence-electron chi connectivity index (χ2n) is 7.15. The maximum Gasteiger partial charge on any atom is 0.270 e. The molecule has 1 amide bonds. The average Bonchev–Trinajstić information content (AvgIpc) is 3.23. The van der Waals surface area contributed by atoms with E-state index in [0.29, 0.717) is 44.4 Å². The zero-order valence-electron chi connectivity index (χ0n) is 17.0. The lowest BCUT2D eigenvalue weighted by Crippen LogP contribution is -2.28. The minimum absolute atomic E-state index is 0.217. The third-order valence-corrected chi connectivity index (χ3v) is 6.26. The quantitative estimate of drug-likeness (QED) is 0.289. The van der Waals surface area contributed by atoms with Gasteiger partial charge in [-0.05, 0) is 60.5 Å². The van der Waals surface area contributed by atoms with Gasteiger partial charge in [0.15, 0.2) is 0 Å². The van der Waals surface area contributed by atoms with Crippen LogP contribution >= 0.6 is 46.4 Å². The SMILES string of the molecule is O=C(NCCc1ccc(Cl)cc1Cl)c1cc(-c2ccccc2F)nn1-c1ccc(Cl)c(Cl)c1. The predicted molar refractivity (Wildman–Crippen MR) is 131 cm³/mol. The second-order valence-corrected chi connectivity index (χ2v) is 8.80. The number of nitrogens with one attached hydrogen (secondary N) is 1. The fraction of sp³-hybridized carbons (Fsp3) is 0.0833. The topological polar surface area (TPSA) is 46.9 Å². The van der Waals surface area contributed by atoms with Crippen molar-refractivity contribution in [2.45, 2.75) is 6.42 Å². The smallest absolute Gasteiger partial charge is 0.270 e. The highest BCUT2D eigenvalue weighted by Crippen LogP contribution is 2.28. The first kappa shape index (κ1) is 23.6. The summed E-state index contributed by atoms with van der Waals surface area (Å²) in [6.07, 6.45) is 0.503. The lowest BCUT2D eigenvalue weighted by molar-refractivity contribution is 0.0946. The van der Waals surface area contributed by atoms with Crippen molar-refractivity contribution in [2.24, 2.45) is 0 Å². The van der Waals surface area contributed by atoms with Crippen molar-refractivity contribution in [1.82, 2.24) is 15.1 Å². The zero-order valence-corrected chi connectivity index (χ0v) is 20.0. The lowest BCUT2D eigenvalue weighted by Gasteiger charge is -2.10. The minimum atomic E-state index is -0.444. The van der Waals surface area contributed by atoms with Crippen LogP contribution in [0.3, 0.4) is 0 Å². The van der Waals surface area contributed by atoms with Crippen LogP contribution in [0, 0.1) is 5.82 Å². The van der Waals surface area contributed by atoms with Gasteiger partial charge in [-0.3, -0.25) is 4.79 Å². The zero-order chi connectivity index (χ0) is 23.5. The molecule has 0 spiro atoms. The van der Waals surface area contributed by atoms with Gasteiger partial charge in [-0.2, -0.15) is 5.10 Å². The molecule has 0 bridgehead atoms. The molecule has 0 aliphatic rings. The molecule has 168 valence electrons. The van der Waals surface area contributed by atoms with Crippen LogP contribution in [-0.2, 0) is 6.42 Å². The molecule has 1 aromatic heterocycles. The molecule has 0 aliphatic carbocycles. The molecule has 0 radical (unpaired) electrons. The molecule has 1 heterocycles. The second kappa shape index (κ2) is 10.1. The molecule has 0 unspecified atom stereocenters. The number of benzene rings is 3. The number of nitrogens with zero attached hydrogens (tertiary/aromatic N) is 2. The number of rotatable bonds is 6. The van der Waals surface area contributed by atoms with Crippen molar-refractivity contribution in [3.8, 4) is 16.9 Å². The summed E-state index contributed by atoms with van der Waals surface area (Å²) in [6, 6.07) is 17.8. The van der Waals surface area contributed by atoms with E-state index < -0.39 is 5.82 Å². The summed E-state index contributed by atoms with van der Waals surface area (Å²) in [7, 11) is 0. The van der Waals surface area contributed by atoms with Crippen molar-refractivity contribution in [2.75, 3.05) is 6.54 Å². The number of halogens is 5. The van der Waals surface area contributed by atoms with Crippen LogP contribution in [0.15, 0.2) is 66.7 Å². The maximum atomic E-state index is 14.4. The molecule has 0 aliphatic heterocycles. The summed E-state index contributed by atoms with van der Waals surface area (Å²) >= 11 is 24.3. The van der Waals surface area contributed by atoms with E-state index in [-0.39, 0.29) is 17.2 Å². The Bertz CT molecular complexity index is 1340. The summed E-state index contributed by atoms with van der Waals surface area (Å²) in [5, 5.41) is 9.08. The first-order valence-electron chi connectivity index (χ1n) is 9.86. The van der Waals surface area contributed by atoms with Gasteiger partial charge in [0.05, 0.1) is 21.4 Å². The largest absolute Gasteiger partial charge is 0.350 e. The van der Waals surface area contributed by atoms with E-state index in [9.17, 15) is 9.18 Å². The lowest BCUT2D eigenvalue weighted by atomic mass is 10.1. The number of hydrogen-bond acceptors (Lipinski definition) is 2. The van der Waals surface area contributed by atoms with Crippen molar-refractivity contribution >= 4 is 52.3 Å². The third kappa shape index (κ3) is 5.33. The standard InChI is InChI=1S/C24H16Cl4FN3O/c25-15-6-5-14(19(27)11-15)9-10-30-24(33)23-13-22(17-3-1-2-4-21(17)29)31-32(23)16-7-8-18(26)20(28)12-16/h1-8,11-13H,9-10H2,(H,30,33). The summed E-state index contributed by atoms with van der Waals surface area (Å²) in [5.41, 5.74) is 2.17. The Morgan fingerprint density at radius 3 is 2.42 bits per heavy atom. The molecular weight excluding hydrogens is 507 g/mol. The molecule has 3 aromatic carbocycles. The Labute approximate surface area is 209 Å². The molecule has 0 saturated carbocycles. The molecular formula is C24H16Cl4FN3O. The number of carbonyl (C=O) groups is 1. The van der Waals surface area contributed by atoms with Gasteiger partial charge in [0, 0.05) is 22.2 Å². The number of amides is 1. The van der Waals surface area contributed by atoms with Gasteiger partial charge in [0.25, 0.3) is 5.91 Å². The average molecular weight is 523 g/mol. The van der Waals surface area contributed by atoms with Crippen molar-refractivity contribution in [3.05, 3.63) is 104 Å². The van der Waals surface area contributed by atoms with Gasteiger partial charge in [-0.15, -0.1) is 0 Å². The summed E-state index contributed by atoms with van der Waals surface area (Å²) in [5.74, 6) is -0.832. The van der Waals surface area contributed by atoms with Crippen LogP contribution in [-0.4, -0.2) is 22.2 Å². The van der Waals surface area contributed by atoms with Gasteiger partial charge in [0.1, 0.15) is 11.5 Å². The van der Waals surface area contributed by atoms with Gasteiger partial charge in [-0.25, -0.2) is 9.07 Å². The van der Waals surface area contributed by atoms with E-state index >= 15 is 0 Å². The first-order chi connectivity index (χ1) is 15.8. The van der Waals surface area contributed by atoms with Crippen LogP contribution in [0.25, 0.3) is 16.9 Å². The normalized spacial score (nSPS) is 10.9. The molecule has 0 atom stereocenters. The predicted octanol–water partition coefficient (Wildman–Crippen LogP) is 7.26. The molecule has 9 heteroatoms. The molecule has 4 nitrogen and oxygen atoms in total. The van der Waals surface area contributed by atoms with Crippen molar-refractivity contribution < 1.29 is 9.18 Å². The molecule has 33 heavy (non-hydrogen) atoms. The van der Waals surface area contributed by atoms with Crippen LogP contribution in [0.1, 0.15) is 16.1 Å².